The molecule has 0 aliphatic carbocycles. The van der Waals surface area contributed by atoms with E-state index in [1.165, 1.54) is 6.92 Å². The van der Waals surface area contributed by atoms with Gasteiger partial charge in [-0.25, -0.2) is 4.79 Å². The van der Waals surface area contributed by atoms with Crippen LogP contribution in [0.25, 0.3) is 0 Å². The molecule has 0 aromatic rings. The van der Waals surface area contributed by atoms with Crippen LogP contribution in [0.4, 0.5) is 4.79 Å². The number of carbonyl (C=O) groups is 2. The predicted octanol–water partition coefficient (Wildman–Crippen LogP) is 0.227. The number of nitrogens with two attached hydrogens (primary N) is 1. The monoisotopic (exact) mass is 143 g/mol. The summed E-state index contributed by atoms with van der Waals surface area (Å²) < 4.78 is 4.19. The predicted molar refractivity (Wildman–Crippen MR) is 35.4 cm³/mol. The van der Waals surface area contributed by atoms with Gasteiger partial charge in [0.25, 0.3) is 0 Å². The van der Waals surface area contributed by atoms with Crippen LogP contribution in [0, 0.1) is 0 Å². The van der Waals surface area contributed by atoms with Crippen LogP contribution in [0.1, 0.15) is 6.92 Å². The Morgan fingerprint density at radius 1 is 1.60 bits per heavy atom. The van der Waals surface area contributed by atoms with Crippen LogP contribution in [0.15, 0.2) is 12.2 Å². The van der Waals surface area contributed by atoms with Crippen molar-refractivity contribution in [3.05, 3.63) is 12.2 Å². The van der Waals surface area contributed by atoms with E-state index in [0.29, 0.717) is 5.57 Å². The fraction of sp³-hybridized carbons (Fsp3) is 0.333. The average Bonchev–Trinajstić information content (AvgIpc) is 1.82. The second-order valence-electron chi connectivity index (χ2n) is 1.81. The maximum atomic E-state index is 10.6. The summed E-state index contributed by atoms with van der Waals surface area (Å²) in [4.78, 5) is 20.6. The third-order valence-electron chi connectivity index (χ3n) is 0.822. The number of rotatable bonds is 3. The van der Waals surface area contributed by atoms with Crippen molar-refractivity contribution < 1.29 is 14.3 Å². The number of Topliss-reactive ketones (excluding diaryl/α,β-unsaturated/α-hetero) is 1. The lowest BCUT2D eigenvalue weighted by Gasteiger charge is -1.97. The second kappa shape index (κ2) is 3.66. The molecule has 2 N–H and O–H groups in total. The van der Waals surface area contributed by atoms with Crippen molar-refractivity contribution in [1.29, 1.82) is 0 Å². The molecule has 0 radical (unpaired) electrons. The molecule has 0 aromatic carbocycles. The van der Waals surface area contributed by atoms with Crippen LogP contribution < -0.4 is 5.73 Å². The number of primary amides is 1. The zero-order valence-corrected chi connectivity index (χ0v) is 5.72. The van der Waals surface area contributed by atoms with E-state index < -0.39 is 6.09 Å². The van der Waals surface area contributed by atoms with Crippen LogP contribution in [-0.2, 0) is 9.53 Å². The molecule has 0 spiro atoms. The van der Waals surface area contributed by atoms with Gasteiger partial charge < -0.3 is 10.5 Å². The van der Waals surface area contributed by atoms with E-state index in [1.54, 1.807) is 0 Å². The van der Waals surface area contributed by atoms with Gasteiger partial charge in [-0.15, -0.1) is 0 Å². The van der Waals surface area contributed by atoms with Gasteiger partial charge in [0.2, 0.25) is 0 Å². The summed E-state index contributed by atoms with van der Waals surface area (Å²) in [6, 6.07) is 0. The maximum Gasteiger partial charge on any atom is 0.404 e. The Balaban J connectivity index is 3.60. The minimum Gasteiger partial charge on any atom is -0.441 e. The zero-order valence-electron chi connectivity index (χ0n) is 5.72. The van der Waals surface area contributed by atoms with Gasteiger partial charge in [0, 0.05) is 0 Å². The fourth-order valence-corrected chi connectivity index (χ4v) is 0.260. The van der Waals surface area contributed by atoms with E-state index >= 15 is 0 Å². The Morgan fingerprint density at radius 2 is 2.10 bits per heavy atom. The molecule has 0 heterocycles. The topological polar surface area (TPSA) is 69.4 Å². The Kier molecular flexibility index (Phi) is 3.17. The fourth-order valence-electron chi connectivity index (χ4n) is 0.260. The van der Waals surface area contributed by atoms with Crippen LogP contribution in [0.2, 0.25) is 0 Å². The number of hydrogen-bond acceptors (Lipinski definition) is 3. The molecule has 0 aliphatic rings. The Hall–Kier alpha value is -1.32. The van der Waals surface area contributed by atoms with Crippen LogP contribution >= 0.6 is 0 Å². The first-order chi connectivity index (χ1) is 4.54. The lowest BCUT2D eigenvalue weighted by atomic mass is 10.2. The molecule has 0 aromatic heterocycles. The molecule has 1 amide bonds. The number of ether oxygens (including phenoxy) is 1. The Bertz CT molecular complexity index is 174. The molecule has 10 heavy (non-hydrogen) atoms. The van der Waals surface area contributed by atoms with Gasteiger partial charge in [-0.2, -0.15) is 0 Å². The van der Waals surface area contributed by atoms with Gasteiger partial charge in [-0.05, 0) is 12.5 Å². The summed E-state index contributed by atoms with van der Waals surface area (Å²) in [5, 5.41) is 0. The van der Waals surface area contributed by atoms with Crippen LogP contribution in [-0.4, -0.2) is 18.5 Å². The highest BCUT2D eigenvalue weighted by molar-refractivity contribution is 5.95. The molecule has 0 saturated carbocycles. The summed E-state index contributed by atoms with van der Waals surface area (Å²) >= 11 is 0. The highest BCUT2D eigenvalue weighted by Crippen LogP contribution is 1.89. The third-order valence-corrected chi connectivity index (χ3v) is 0.822. The number of carbonyl (C=O) groups excluding carboxylic acids is 2. The minimum atomic E-state index is -0.949. The summed E-state index contributed by atoms with van der Waals surface area (Å²) in [6.45, 7) is 4.57. The van der Waals surface area contributed by atoms with Gasteiger partial charge in [0.1, 0.15) is 0 Å². The Labute approximate surface area is 58.7 Å². The first kappa shape index (κ1) is 8.68. The molecular formula is C6H9NO3. The number of amides is 1. The highest BCUT2D eigenvalue weighted by atomic mass is 16.5. The molecule has 56 valence electrons. The normalized spacial score (nSPS) is 8.50. The number of hydrogen-bond donors (Lipinski definition) is 1. The van der Waals surface area contributed by atoms with E-state index in [1.807, 2.05) is 0 Å². The quantitative estimate of drug-likeness (QED) is 0.575. The first-order valence-corrected chi connectivity index (χ1v) is 2.65. The molecule has 0 unspecified atom stereocenters. The van der Waals surface area contributed by atoms with Gasteiger partial charge in [0.15, 0.2) is 12.4 Å². The van der Waals surface area contributed by atoms with Gasteiger partial charge in [0.05, 0.1) is 0 Å². The van der Waals surface area contributed by atoms with Crippen molar-refractivity contribution >= 4 is 11.9 Å². The number of ketones is 1. The van der Waals surface area contributed by atoms with Gasteiger partial charge in [-0.3, -0.25) is 4.79 Å². The Morgan fingerprint density at radius 3 is 2.40 bits per heavy atom. The largest absolute Gasteiger partial charge is 0.441 e. The van der Waals surface area contributed by atoms with E-state index in [9.17, 15) is 9.59 Å². The molecule has 0 atom stereocenters. The molecule has 4 nitrogen and oxygen atoms in total. The summed E-state index contributed by atoms with van der Waals surface area (Å²) in [5.74, 6) is -0.321. The van der Waals surface area contributed by atoms with E-state index in [2.05, 4.69) is 17.0 Å². The molecule has 0 rings (SSSR count). The van der Waals surface area contributed by atoms with Gasteiger partial charge in [-0.1, -0.05) is 6.58 Å². The molecule has 0 fully saturated rings. The van der Waals surface area contributed by atoms with Crippen molar-refractivity contribution in [2.75, 3.05) is 6.61 Å². The van der Waals surface area contributed by atoms with Crippen molar-refractivity contribution in [2.24, 2.45) is 5.73 Å². The average molecular weight is 143 g/mol. The van der Waals surface area contributed by atoms with E-state index in [-0.39, 0.29) is 12.4 Å². The lowest BCUT2D eigenvalue weighted by Crippen LogP contribution is -2.18. The molecule has 0 saturated heterocycles. The summed E-state index contributed by atoms with van der Waals surface area (Å²) in [7, 11) is 0. The second-order valence-corrected chi connectivity index (χ2v) is 1.81. The van der Waals surface area contributed by atoms with Crippen molar-refractivity contribution in [3.63, 3.8) is 0 Å². The standard InChI is InChI=1S/C6H9NO3/c1-4(2)5(8)3-10-6(7)9/h1,3H2,2H3,(H2,7,9). The molecule has 4 heteroatoms. The van der Waals surface area contributed by atoms with Crippen molar-refractivity contribution in [3.8, 4) is 0 Å². The lowest BCUT2D eigenvalue weighted by molar-refractivity contribution is -0.118. The highest BCUT2D eigenvalue weighted by Gasteiger charge is 2.03. The molecule has 0 aliphatic heterocycles. The molecule has 0 bridgehead atoms. The van der Waals surface area contributed by atoms with Crippen LogP contribution in [0.5, 0.6) is 0 Å². The summed E-state index contributed by atoms with van der Waals surface area (Å²) in [6.07, 6.45) is -0.949. The SMILES string of the molecule is C=C(C)C(=O)COC(N)=O. The van der Waals surface area contributed by atoms with E-state index in [4.69, 9.17) is 0 Å². The molecular weight excluding hydrogens is 134 g/mol. The van der Waals surface area contributed by atoms with Gasteiger partial charge >= 0.3 is 6.09 Å². The zero-order chi connectivity index (χ0) is 8.15. The summed E-state index contributed by atoms with van der Waals surface area (Å²) in [5.41, 5.74) is 4.95. The smallest absolute Gasteiger partial charge is 0.404 e. The van der Waals surface area contributed by atoms with Crippen molar-refractivity contribution in [1.82, 2.24) is 0 Å². The first-order valence-electron chi connectivity index (χ1n) is 2.65. The maximum absolute atomic E-state index is 10.6. The third kappa shape index (κ3) is 3.65. The van der Waals surface area contributed by atoms with E-state index in [0.717, 1.165) is 0 Å². The van der Waals surface area contributed by atoms with Crippen LogP contribution in [0.3, 0.4) is 0 Å². The minimum absolute atomic E-state index is 0.315. The van der Waals surface area contributed by atoms with Crippen molar-refractivity contribution in [2.45, 2.75) is 6.92 Å².